The van der Waals surface area contributed by atoms with Crippen LogP contribution in [0, 0.1) is 0 Å². The maximum atomic E-state index is 11.6. The lowest BCUT2D eigenvalue weighted by Crippen LogP contribution is -2.12. The molecule has 0 fully saturated rings. The lowest BCUT2D eigenvalue weighted by Gasteiger charge is -2.06. The minimum Gasteiger partial charge on any atom is -0.326 e. The molecule has 0 aliphatic heterocycles. The third kappa shape index (κ3) is 4.19. The fraction of sp³-hybridized carbons (Fsp3) is 0.385. The van der Waals surface area contributed by atoms with Crippen molar-refractivity contribution in [1.82, 2.24) is 0 Å². The number of benzene rings is 1. The zero-order valence-corrected chi connectivity index (χ0v) is 10.8. The van der Waals surface area contributed by atoms with E-state index in [1.165, 1.54) is 0 Å². The lowest BCUT2D eigenvalue weighted by atomic mass is 10.1. The van der Waals surface area contributed by atoms with Gasteiger partial charge in [0, 0.05) is 17.7 Å². The molecule has 1 rings (SSSR count). The van der Waals surface area contributed by atoms with Crippen LogP contribution in [0.3, 0.4) is 0 Å². The molecule has 92 valence electrons. The average Bonchev–Trinajstić information content (AvgIpc) is 2.29. The first-order valence-electron chi connectivity index (χ1n) is 5.62. The first-order chi connectivity index (χ1) is 8.04. The van der Waals surface area contributed by atoms with Gasteiger partial charge in [-0.15, -0.1) is 11.6 Å². The second-order valence-corrected chi connectivity index (χ2v) is 4.51. The second-order valence-electron chi connectivity index (χ2n) is 3.86. The van der Waals surface area contributed by atoms with E-state index in [0.717, 1.165) is 6.42 Å². The molecule has 1 aromatic rings. The molecule has 0 unspecified atom stereocenters. The van der Waals surface area contributed by atoms with Crippen molar-refractivity contribution >= 4 is 29.0 Å². The van der Waals surface area contributed by atoms with E-state index in [1.807, 2.05) is 6.92 Å². The Kier molecular flexibility index (Phi) is 5.16. The van der Waals surface area contributed by atoms with Crippen molar-refractivity contribution < 1.29 is 9.59 Å². The molecule has 0 spiro atoms. The summed E-state index contributed by atoms with van der Waals surface area (Å²) in [5, 5.41) is 2.22. The third-order valence-electron chi connectivity index (χ3n) is 2.29. The number of nitrogens with one attached hydrogen (secondary N) is 1. The minimum absolute atomic E-state index is 0.0164. The Balaban J connectivity index is 2.68. The van der Waals surface area contributed by atoms with E-state index in [0.29, 0.717) is 17.7 Å². The molecule has 3 nitrogen and oxygen atoms in total. The Morgan fingerprint density at radius 1 is 1.29 bits per heavy atom. The quantitative estimate of drug-likeness (QED) is 0.647. The minimum atomic E-state index is -0.532. The molecule has 0 saturated carbocycles. The van der Waals surface area contributed by atoms with Crippen LogP contribution in [0.1, 0.15) is 37.0 Å². The van der Waals surface area contributed by atoms with Gasteiger partial charge in [-0.3, -0.25) is 9.59 Å². The summed E-state index contributed by atoms with van der Waals surface area (Å²) < 4.78 is 0. The highest BCUT2D eigenvalue weighted by molar-refractivity contribution is 6.33. The Labute approximate surface area is 106 Å². The van der Waals surface area contributed by atoms with Gasteiger partial charge < -0.3 is 5.32 Å². The van der Waals surface area contributed by atoms with E-state index >= 15 is 0 Å². The van der Waals surface area contributed by atoms with E-state index in [-0.39, 0.29) is 11.7 Å². The number of rotatable bonds is 5. The smallest absolute Gasteiger partial charge is 0.224 e. The van der Waals surface area contributed by atoms with Crippen molar-refractivity contribution in [2.24, 2.45) is 0 Å². The Bertz CT molecular complexity index is 398. The van der Waals surface area contributed by atoms with Gasteiger partial charge in [0.2, 0.25) is 5.91 Å². The van der Waals surface area contributed by atoms with Crippen molar-refractivity contribution in [3.8, 4) is 0 Å². The van der Waals surface area contributed by atoms with E-state index in [4.69, 9.17) is 11.6 Å². The number of halogens is 1. The molecule has 4 heteroatoms. The van der Waals surface area contributed by atoms with Gasteiger partial charge in [-0.2, -0.15) is 0 Å². The third-order valence-corrected chi connectivity index (χ3v) is 2.49. The fourth-order valence-corrected chi connectivity index (χ4v) is 1.52. The molecule has 0 aliphatic rings. The van der Waals surface area contributed by atoms with Crippen molar-refractivity contribution in [2.75, 3.05) is 5.32 Å². The highest BCUT2D eigenvalue weighted by Crippen LogP contribution is 2.13. The Morgan fingerprint density at radius 3 is 2.35 bits per heavy atom. The van der Waals surface area contributed by atoms with Crippen molar-refractivity contribution in [3.05, 3.63) is 29.8 Å². The summed E-state index contributed by atoms with van der Waals surface area (Å²) in [5.74, 6) is -0.129. The summed E-state index contributed by atoms with van der Waals surface area (Å²) >= 11 is 5.71. The van der Waals surface area contributed by atoms with Crippen molar-refractivity contribution in [2.45, 2.75) is 32.1 Å². The van der Waals surface area contributed by atoms with Crippen LogP contribution in [0.5, 0.6) is 0 Å². The topological polar surface area (TPSA) is 46.2 Å². The van der Waals surface area contributed by atoms with E-state index < -0.39 is 5.38 Å². The molecule has 1 atom stereocenters. The zero-order valence-electron chi connectivity index (χ0n) is 10.00. The maximum absolute atomic E-state index is 11.6. The number of ketones is 1. The van der Waals surface area contributed by atoms with E-state index in [2.05, 4.69) is 5.32 Å². The molecule has 0 aromatic heterocycles. The zero-order chi connectivity index (χ0) is 12.8. The maximum Gasteiger partial charge on any atom is 0.224 e. The van der Waals surface area contributed by atoms with E-state index in [9.17, 15) is 9.59 Å². The normalized spacial score (nSPS) is 11.9. The Hall–Kier alpha value is -1.35. The summed E-state index contributed by atoms with van der Waals surface area (Å²) in [6.07, 6.45) is 1.31. The van der Waals surface area contributed by atoms with Gasteiger partial charge in [-0.05, 0) is 37.6 Å². The van der Waals surface area contributed by atoms with Gasteiger partial charge in [0.25, 0.3) is 0 Å². The van der Waals surface area contributed by atoms with Crippen LogP contribution in [0.4, 0.5) is 5.69 Å². The predicted molar refractivity (Wildman–Crippen MR) is 69.6 cm³/mol. The molecule has 1 N–H and O–H groups in total. The number of hydrogen-bond acceptors (Lipinski definition) is 2. The number of amides is 1. The molecule has 0 saturated heterocycles. The number of anilines is 1. The second kappa shape index (κ2) is 6.40. The van der Waals surface area contributed by atoms with Gasteiger partial charge in [0.15, 0.2) is 5.78 Å². The summed E-state index contributed by atoms with van der Waals surface area (Å²) in [7, 11) is 0. The van der Waals surface area contributed by atoms with Crippen LogP contribution < -0.4 is 5.32 Å². The Morgan fingerprint density at radius 2 is 1.88 bits per heavy atom. The van der Waals surface area contributed by atoms with Crippen LogP contribution in [0.15, 0.2) is 24.3 Å². The van der Waals surface area contributed by atoms with Crippen LogP contribution >= 0.6 is 11.6 Å². The molecule has 0 radical (unpaired) electrons. The van der Waals surface area contributed by atoms with E-state index in [1.54, 1.807) is 31.2 Å². The number of alkyl halides is 1. The summed E-state index contributed by atoms with van der Waals surface area (Å²) in [6.45, 7) is 3.59. The van der Waals surface area contributed by atoms with Crippen molar-refractivity contribution in [3.63, 3.8) is 0 Å². The van der Waals surface area contributed by atoms with Crippen LogP contribution in [-0.4, -0.2) is 17.1 Å². The van der Waals surface area contributed by atoms with Gasteiger partial charge in [-0.25, -0.2) is 0 Å². The van der Waals surface area contributed by atoms with Crippen LogP contribution in [0.25, 0.3) is 0 Å². The number of carbonyl (C=O) groups excluding carboxylic acids is 2. The molecule has 17 heavy (non-hydrogen) atoms. The molecule has 1 aromatic carbocycles. The first kappa shape index (κ1) is 13.7. The molecule has 0 heterocycles. The van der Waals surface area contributed by atoms with Gasteiger partial charge in [0.1, 0.15) is 0 Å². The fourth-order valence-electron chi connectivity index (χ4n) is 1.40. The molecule has 0 bridgehead atoms. The molecule has 1 amide bonds. The molecular formula is C13H16ClNO2. The standard InChI is InChI=1S/C13H16ClNO2/c1-3-4-12(16)15-11-7-5-10(6-8-11)13(17)9(2)14/h5-9H,3-4H2,1-2H3,(H,15,16)/t9-/m1/s1. The monoisotopic (exact) mass is 253 g/mol. The van der Waals surface area contributed by atoms with Gasteiger partial charge in [-0.1, -0.05) is 6.92 Å². The number of hydrogen-bond donors (Lipinski definition) is 1. The van der Waals surface area contributed by atoms with Gasteiger partial charge in [0.05, 0.1) is 5.38 Å². The lowest BCUT2D eigenvalue weighted by molar-refractivity contribution is -0.116. The summed E-state index contributed by atoms with van der Waals surface area (Å²) in [5.41, 5.74) is 1.25. The van der Waals surface area contributed by atoms with Gasteiger partial charge >= 0.3 is 0 Å². The van der Waals surface area contributed by atoms with Crippen LogP contribution in [0.2, 0.25) is 0 Å². The first-order valence-corrected chi connectivity index (χ1v) is 6.06. The summed E-state index contributed by atoms with van der Waals surface area (Å²) in [6, 6.07) is 6.76. The molecule has 0 aliphatic carbocycles. The average molecular weight is 254 g/mol. The number of carbonyl (C=O) groups is 2. The predicted octanol–water partition coefficient (Wildman–Crippen LogP) is 3.24. The SMILES string of the molecule is CCCC(=O)Nc1ccc(C(=O)[C@@H](C)Cl)cc1. The summed E-state index contributed by atoms with van der Waals surface area (Å²) in [4.78, 5) is 22.9. The van der Waals surface area contributed by atoms with Crippen molar-refractivity contribution in [1.29, 1.82) is 0 Å². The van der Waals surface area contributed by atoms with Crippen LogP contribution in [-0.2, 0) is 4.79 Å². The highest BCUT2D eigenvalue weighted by Gasteiger charge is 2.11. The molecular weight excluding hydrogens is 238 g/mol. The largest absolute Gasteiger partial charge is 0.326 e. The number of Topliss-reactive ketones (excluding diaryl/α,β-unsaturated/α-hetero) is 1. The highest BCUT2D eigenvalue weighted by atomic mass is 35.5.